The average Bonchev–Trinajstić information content (AvgIpc) is 3.01. The van der Waals surface area contributed by atoms with E-state index >= 15 is 0 Å². The molecule has 1 aliphatic carbocycles. The smallest absolute Gasteiger partial charge is 0.220 e. The van der Waals surface area contributed by atoms with Crippen LogP contribution in [0.1, 0.15) is 45.4 Å². The van der Waals surface area contributed by atoms with Gasteiger partial charge in [-0.25, -0.2) is 0 Å². The lowest BCUT2D eigenvalue weighted by Gasteiger charge is -2.52. The minimum absolute atomic E-state index is 0.135. The molecular formula is C15H21NO2. The summed E-state index contributed by atoms with van der Waals surface area (Å²) in [4.78, 5) is 14.2. The molecule has 0 aromatic rings. The van der Waals surface area contributed by atoms with Crippen molar-refractivity contribution in [3.63, 3.8) is 0 Å². The van der Waals surface area contributed by atoms with E-state index in [1.807, 2.05) is 0 Å². The Hall–Kier alpha value is -0.830. The van der Waals surface area contributed by atoms with Gasteiger partial charge in [-0.1, -0.05) is 25.0 Å². The molecule has 2 bridgehead atoms. The number of amides is 1. The van der Waals surface area contributed by atoms with E-state index < -0.39 is 0 Å². The normalized spacial score (nSPS) is 43.7. The van der Waals surface area contributed by atoms with E-state index in [0.29, 0.717) is 12.0 Å². The van der Waals surface area contributed by atoms with Gasteiger partial charge in [-0.15, -0.1) is 0 Å². The summed E-state index contributed by atoms with van der Waals surface area (Å²) in [5, 5.41) is 0. The lowest BCUT2D eigenvalue weighted by atomic mass is 9.69. The molecule has 3 aliphatic heterocycles. The fraction of sp³-hybridized carbons (Fsp3) is 0.800. The van der Waals surface area contributed by atoms with Crippen molar-refractivity contribution in [2.24, 2.45) is 5.92 Å². The maximum atomic E-state index is 12.1. The Labute approximate surface area is 108 Å². The molecule has 1 amide bonds. The van der Waals surface area contributed by atoms with Crippen molar-refractivity contribution in [3.05, 3.63) is 12.2 Å². The minimum Gasteiger partial charge on any atom is -0.361 e. The zero-order valence-electron chi connectivity index (χ0n) is 11.0. The number of carbonyl (C=O) groups is 1. The van der Waals surface area contributed by atoms with Crippen LogP contribution in [-0.2, 0) is 9.53 Å². The van der Waals surface area contributed by atoms with Crippen molar-refractivity contribution >= 4 is 5.91 Å². The Morgan fingerprint density at radius 3 is 2.83 bits per heavy atom. The molecule has 4 aliphatic rings. The molecule has 4 rings (SSSR count). The molecular weight excluding hydrogens is 226 g/mol. The topological polar surface area (TPSA) is 29.5 Å². The SMILES string of the molecule is CC(=O)N1C[C@]23C=C[C@H](C[C@@H]2CC12CCCC2)O3. The maximum absolute atomic E-state index is 12.1. The molecule has 1 saturated carbocycles. The monoisotopic (exact) mass is 247 g/mol. The van der Waals surface area contributed by atoms with Crippen LogP contribution >= 0.6 is 0 Å². The highest BCUT2D eigenvalue weighted by atomic mass is 16.5. The Kier molecular flexibility index (Phi) is 2.07. The molecule has 3 fully saturated rings. The van der Waals surface area contributed by atoms with Crippen LogP contribution in [0.2, 0.25) is 0 Å². The van der Waals surface area contributed by atoms with E-state index in [2.05, 4.69) is 17.1 Å². The van der Waals surface area contributed by atoms with Gasteiger partial charge in [0.15, 0.2) is 0 Å². The number of fused-ring (bicyclic) bond motifs is 1. The molecule has 3 atom stereocenters. The van der Waals surface area contributed by atoms with Crippen LogP contribution in [0.15, 0.2) is 12.2 Å². The fourth-order valence-corrected chi connectivity index (χ4v) is 4.88. The molecule has 0 unspecified atom stereocenters. The van der Waals surface area contributed by atoms with E-state index in [1.54, 1.807) is 6.92 Å². The predicted molar refractivity (Wildman–Crippen MR) is 68.1 cm³/mol. The Bertz CT molecular complexity index is 424. The summed E-state index contributed by atoms with van der Waals surface area (Å²) in [5.74, 6) is 0.873. The molecule has 0 N–H and O–H groups in total. The van der Waals surface area contributed by atoms with Gasteiger partial charge >= 0.3 is 0 Å². The maximum Gasteiger partial charge on any atom is 0.220 e. The molecule has 0 aromatic carbocycles. The van der Waals surface area contributed by atoms with Crippen molar-refractivity contribution < 1.29 is 9.53 Å². The summed E-state index contributed by atoms with van der Waals surface area (Å²) in [7, 11) is 0. The van der Waals surface area contributed by atoms with E-state index in [9.17, 15) is 4.79 Å². The molecule has 3 heteroatoms. The Morgan fingerprint density at radius 2 is 2.17 bits per heavy atom. The van der Waals surface area contributed by atoms with Crippen LogP contribution in [0.5, 0.6) is 0 Å². The highest BCUT2D eigenvalue weighted by molar-refractivity contribution is 5.75. The number of hydrogen-bond acceptors (Lipinski definition) is 2. The summed E-state index contributed by atoms with van der Waals surface area (Å²) in [6.45, 7) is 2.52. The predicted octanol–water partition coefficient (Wildman–Crippen LogP) is 2.27. The van der Waals surface area contributed by atoms with Gasteiger partial charge in [-0.3, -0.25) is 4.79 Å². The average molecular weight is 247 g/mol. The second-order valence-electron chi connectivity index (χ2n) is 6.64. The van der Waals surface area contributed by atoms with Gasteiger partial charge in [0.25, 0.3) is 0 Å². The largest absolute Gasteiger partial charge is 0.361 e. The first kappa shape index (κ1) is 11.0. The van der Waals surface area contributed by atoms with Crippen LogP contribution in [0.3, 0.4) is 0 Å². The Morgan fingerprint density at radius 1 is 1.39 bits per heavy atom. The van der Waals surface area contributed by atoms with Crippen LogP contribution in [-0.4, -0.2) is 34.6 Å². The molecule has 2 saturated heterocycles. The number of piperidine rings is 1. The van der Waals surface area contributed by atoms with Crippen molar-refractivity contribution in [2.45, 2.75) is 62.7 Å². The van der Waals surface area contributed by atoms with E-state index in [0.717, 1.165) is 13.0 Å². The standard InChI is InChI=1S/C15H21NO2/c1-11(17)16-10-15-7-4-13(18-15)8-12(15)9-14(16)5-2-3-6-14/h4,7,12-13H,2-3,5-6,8-10H2,1H3/t12-,13-,15-/m1/s1. The second-order valence-corrected chi connectivity index (χ2v) is 6.64. The third-order valence-corrected chi connectivity index (χ3v) is 5.69. The molecule has 18 heavy (non-hydrogen) atoms. The first-order valence-electron chi connectivity index (χ1n) is 7.29. The lowest BCUT2D eigenvalue weighted by Crippen LogP contribution is -2.62. The Balaban J connectivity index is 1.72. The number of rotatable bonds is 0. The summed E-state index contributed by atoms with van der Waals surface area (Å²) >= 11 is 0. The van der Waals surface area contributed by atoms with E-state index in [4.69, 9.17) is 4.74 Å². The van der Waals surface area contributed by atoms with Gasteiger partial charge < -0.3 is 9.64 Å². The van der Waals surface area contributed by atoms with Crippen molar-refractivity contribution in [1.82, 2.24) is 4.90 Å². The minimum atomic E-state index is -0.135. The summed E-state index contributed by atoms with van der Waals surface area (Å²) in [5.41, 5.74) is 0.0353. The first-order valence-corrected chi connectivity index (χ1v) is 7.29. The number of carbonyl (C=O) groups excluding carboxylic acids is 1. The van der Waals surface area contributed by atoms with Gasteiger partial charge in [0.1, 0.15) is 5.60 Å². The second kappa shape index (κ2) is 3.38. The van der Waals surface area contributed by atoms with E-state index in [-0.39, 0.29) is 17.0 Å². The fourth-order valence-electron chi connectivity index (χ4n) is 4.88. The quantitative estimate of drug-likeness (QED) is 0.615. The summed E-state index contributed by atoms with van der Waals surface area (Å²) in [6, 6.07) is 0. The molecule has 3 heterocycles. The first-order chi connectivity index (χ1) is 8.64. The van der Waals surface area contributed by atoms with Crippen LogP contribution in [0, 0.1) is 5.92 Å². The zero-order chi connectivity index (χ0) is 12.4. The summed E-state index contributed by atoms with van der Waals surface area (Å²) < 4.78 is 6.14. The highest BCUT2D eigenvalue weighted by Gasteiger charge is 2.59. The van der Waals surface area contributed by atoms with Crippen LogP contribution < -0.4 is 0 Å². The van der Waals surface area contributed by atoms with Gasteiger partial charge in [0.2, 0.25) is 5.91 Å². The number of hydrogen-bond donors (Lipinski definition) is 0. The van der Waals surface area contributed by atoms with Gasteiger partial charge in [-0.2, -0.15) is 0 Å². The molecule has 98 valence electrons. The van der Waals surface area contributed by atoms with Crippen molar-refractivity contribution in [1.29, 1.82) is 0 Å². The number of ether oxygens (including phenoxy) is 1. The van der Waals surface area contributed by atoms with Gasteiger partial charge in [0, 0.05) is 12.5 Å². The van der Waals surface area contributed by atoms with Gasteiger partial charge in [-0.05, 0) is 31.6 Å². The lowest BCUT2D eigenvalue weighted by molar-refractivity contribution is -0.149. The van der Waals surface area contributed by atoms with Crippen molar-refractivity contribution in [2.75, 3.05) is 6.54 Å². The van der Waals surface area contributed by atoms with Crippen LogP contribution in [0.25, 0.3) is 0 Å². The van der Waals surface area contributed by atoms with E-state index in [1.165, 1.54) is 32.1 Å². The molecule has 0 aromatic heterocycles. The molecule has 0 radical (unpaired) electrons. The molecule has 2 spiro atoms. The third kappa shape index (κ3) is 1.26. The highest BCUT2D eigenvalue weighted by Crippen LogP contribution is 2.55. The van der Waals surface area contributed by atoms with Crippen LogP contribution in [0.4, 0.5) is 0 Å². The number of likely N-dealkylation sites (tertiary alicyclic amines) is 1. The van der Waals surface area contributed by atoms with Gasteiger partial charge in [0.05, 0.1) is 12.6 Å². The zero-order valence-corrected chi connectivity index (χ0v) is 11.0. The number of nitrogens with zero attached hydrogens (tertiary/aromatic N) is 1. The van der Waals surface area contributed by atoms with Crippen molar-refractivity contribution in [3.8, 4) is 0 Å². The molecule has 3 nitrogen and oxygen atoms in total. The summed E-state index contributed by atoms with van der Waals surface area (Å²) in [6.07, 6.45) is 12.1. The third-order valence-electron chi connectivity index (χ3n) is 5.69.